The third-order valence-electron chi connectivity index (χ3n) is 3.45. The van der Waals surface area contributed by atoms with Gasteiger partial charge in [0.15, 0.2) is 0 Å². The number of hydrogen-bond donors (Lipinski definition) is 1. The summed E-state index contributed by atoms with van der Waals surface area (Å²) in [5.41, 5.74) is 1.29. The Morgan fingerprint density at radius 3 is 2.68 bits per heavy atom. The van der Waals surface area contributed by atoms with Crippen molar-refractivity contribution in [3.63, 3.8) is 0 Å². The quantitative estimate of drug-likeness (QED) is 0.745. The monoisotopic (exact) mass is 266 g/mol. The van der Waals surface area contributed by atoms with E-state index >= 15 is 0 Å². The first kappa shape index (κ1) is 16.2. The minimum absolute atomic E-state index is 0.620. The number of nitrogens with zero attached hydrogens (tertiary/aromatic N) is 3. The normalized spacial score (nSPS) is 12.0. The highest BCUT2D eigenvalue weighted by Crippen LogP contribution is 2.03. The summed E-state index contributed by atoms with van der Waals surface area (Å²) >= 11 is 0. The fourth-order valence-corrected chi connectivity index (χ4v) is 1.93. The summed E-state index contributed by atoms with van der Waals surface area (Å²) in [6.07, 6.45) is 5.09. The topological polar surface area (TPSA) is 33.1 Å². The zero-order chi connectivity index (χ0) is 14.3. The van der Waals surface area contributed by atoms with Crippen LogP contribution in [0.25, 0.3) is 0 Å². The first-order valence-corrected chi connectivity index (χ1v) is 7.40. The van der Waals surface area contributed by atoms with Gasteiger partial charge in [0.25, 0.3) is 0 Å². The Kier molecular flexibility index (Phi) is 7.10. The van der Waals surface area contributed by atoms with Gasteiger partial charge in [-0.3, -0.25) is 0 Å². The molecule has 0 saturated carbocycles. The van der Waals surface area contributed by atoms with Crippen LogP contribution in [0, 0.1) is 5.92 Å². The van der Waals surface area contributed by atoms with E-state index in [1.54, 1.807) is 0 Å². The Bertz CT molecular complexity index is 344. The maximum atomic E-state index is 4.26. The third-order valence-corrected chi connectivity index (χ3v) is 3.45. The van der Waals surface area contributed by atoms with Gasteiger partial charge in [0, 0.05) is 25.3 Å². The molecule has 4 nitrogen and oxygen atoms in total. The molecule has 0 aromatic carbocycles. The average molecular weight is 266 g/mol. The van der Waals surface area contributed by atoms with Crippen LogP contribution in [-0.4, -0.2) is 40.6 Å². The zero-order valence-corrected chi connectivity index (χ0v) is 13.2. The maximum absolute atomic E-state index is 4.26. The van der Waals surface area contributed by atoms with E-state index in [0.29, 0.717) is 12.0 Å². The van der Waals surface area contributed by atoms with E-state index < -0.39 is 0 Å². The highest BCUT2D eigenvalue weighted by atomic mass is 15.1. The molecule has 0 radical (unpaired) electrons. The summed E-state index contributed by atoms with van der Waals surface area (Å²) in [6, 6.07) is 0.620. The van der Waals surface area contributed by atoms with E-state index in [9.17, 15) is 0 Å². The second-order valence-electron chi connectivity index (χ2n) is 6.03. The van der Waals surface area contributed by atoms with Gasteiger partial charge < -0.3 is 14.8 Å². The standard InChI is InChI=1S/C15H30N4/c1-13(2)9-16-10-15-11-17-12-19(15)8-6-7-18(5)14(3)4/h11-14,16H,6-10H2,1-5H3. The predicted octanol–water partition coefficient (Wildman–Crippen LogP) is 2.36. The number of nitrogens with one attached hydrogen (secondary N) is 1. The smallest absolute Gasteiger partial charge is 0.0948 e. The maximum Gasteiger partial charge on any atom is 0.0948 e. The van der Waals surface area contributed by atoms with Crippen LogP contribution in [0.5, 0.6) is 0 Å². The van der Waals surface area contributed by atoms with Crippen molar-refractivity contribution in [2.24, 2.45) is 5.92 Å². The molecular weight excluding hydrogens is 236 g/mol. The summed E-state index contributed by atoms with van der Waals surface area (Å²) in [6.45, 7) is 13.1. The van der Waals surface area contributed by atoms with Gasteiger partial charge in [-0.05, 0) is 46.3 Å². The number of rotatable bonds is 9. The van der Waals surface area contributed by atoms with Crippen molar-refractivity contribution < 1.29 is 0 Å². The second kappa shape index (κ2) is 8.33. The van der Waals surface area contributed by atoms with Gasteiger partial charge in [0.2, 0.25) is 0 Å². The van der Waals surface area contributed by atoms with Gasteiger partial charge in [-0.2, -0.15) is 0 Å². The van der Waals surface area contributed by atoms with Gasteiger partial charge >= 0.3 is 0 Å². The molecule has 0 aliphatic carbocycles. The lowest BCUT2D eigenvalue weighted by Gasteiger charge is -2.21. The highest BCUT2D eigenvalue weighted by Gasteiger charge is 2.05. The summed E-state index contributed by atoms with van der Waals surface area (Å²) in [4.78, 5) is 6.64. The Morgan fingerprint density at radius 1 is 1.32 bits per heavy atom. The number of hydrogen-bond acceptors (Lipinski definition) is 3. The summed E-state index contributed by atoms with van der Waals surface area (Å²) < 4.78 is 2.27. The summed E-state index contributed by atoms with van der Waals surface area (Å²) in [7, 11) is 2.18. The lowest BCUT2D eigenvalue weighted by Crippen LogP contribution is -2.28. The van der Waals surface area contributed by atoms with Crippen LogP contribution in [0.2, 0.25) is 0 Å². The van der Waals surface area contributed by atoms with Crippen molar-refractivity contribution in [2.75, 3.05) is 20.1 Å². The van der Waals surface area contributed by atoms with Crippen LogP contribution in [0.1, 0.15) is 39.8 Å². The SMILES string of the molecule is CC(C)CNCc1cncn1CCCN(C)C(C)C. The number of imidazole rings is 1. The van der Waals surface area contributed by atoms with Gasteiger partial charge in [-0.15, -0.1) is 0 Å². The van der Waals surface area contributed by atoms with E-state index in [1.807, 2.05) is 12.5 Å². The van der Waals surface area contributed by atoms with Crippen LogP contribution in [-0.2, 0) is 13.1 Å². The molecule has 0 bridgehead atoms. The molecule has 0 spiro atoms. The molecule has 0 aliphatic heterocycles. The van der Waals surface area contributed by atoms with Crippen molar-refractivity contribution in [1.29, 1.82) is 0 Å². The largest absolute Gasteiger partial charge is 0.333 e. The van der Waals surface area contributed by atoms with E-state index in [0.717, 1.165) is 26.2 Å². The van der Waals surface area contributed by atoms with Crippen LogP contribution < -0.4 is 5.32 Å². The van der Waals surface area contributed by atoms with Crippen molar-refractivity contribution in [3.05, 3.63) is 18.2 Å². The van der Waals surface area contributed by atoms with Crippen molar-refractivity contribution >= 4 is 0 Å². The minimum atomic E-state index is 0.620. The van der Waals surface area contributed by atoms with Crippen LogP contribution in [0.3, 0.4) is 0 Å². The molecule has 1 heterocycles. The summed E-state index contributed by atoms with van der Waals surface area (Å²) in [5, 5.41) is 3.47. The fraction of sp³-hybridized carbons (Fsp3) is 0.800. The Balaban J connectivity index is 2.32. The first-order chi connectivity index (χ1) is 9.00. The molecule has 0 unspecified atom stereocenters. The molecule has 0 saturated heterocycles. The summed E-state index contributed by atoms with van der Waals surface area (Å²) in [5.74, 6) is 0.691. The molecule has 0 atom stereocenters. The second-order valence-corrected chi connectivity index (χ2v) is 6.03. The van der Waals surface area contributed by atoms with E-state index in [4.69, 9.17) is 0 Å². The average Bonchev–Trinajstić information content (AvgIpc) is 2.76. The predicted molar refractivity (Wildman–Crippen MR) is 81.2 cm³/mol. The van der Waals surface area contributed by atoms with E-state index in [2.05, 4.69) is 54.5 Å². The van der Waals surface area contributed by atoms with Crippen LogP contribution in [0.4, 0.5) is 0 Å². The Labute approximate surface area is 118 Å². The Morgan fingerprint density at radius 2 is 2.05 bits per heavy atom. The molecule has 1 aromatic rings. The van der Waals surface area contributed by atoms with Crippen molar-refractivity contribution in [3.8, 4) is 0 Å². The highest BCUT2D eigenvalue weighted by molar-refractivity contribution is 4.97. The molecule has 4 heteroatoms. The molecule has 110 valence electrons. The zero-order valence-electron chi connectivity index (χ0n) is 13.2. The molecule has 1 aromatic heterocycles. The first-order valence-electron chi connectivity index (χ1n) is 7.40. The van der Waals surface area contributed by atoms with Crippen molar-refractivity contribution in [1.82, 2.24) is 19.8 Å². The van der Waals surface area contributed by atoms with E-state index in [-0.39, 0.29) is 0 Å². The fourth-order valence-electron chi connectivity index (χ4n) is 1.93. The molecule has 0 amide bonds. The van der Waals surface area contributed by atoms with Gasteiger partial charge in [0.05, 0.1) is 12.0 Å². The molecule has 0 fully saturated rings. The van der Waals surface area contributed by atoms with Gasteiger partial charge in [0.1, 0.15) is 0 Å². The molecule has 1 N–H and O–H groups in total. The van der Waals surface area contributed by atoms with Crippen LogP contribution in [0.15, 0.2) is 12.5 Å². The van der Waals surface area contributed by atoms with Crippen LogP contribution >= 0.6 is 0 Å². The molecule has 19 heavy (non-hydrogen) atoms. The molecular formula is C15H30N4. The Hall–Kier alpha value is -0.870. The number of aryl methyl sites for hydroxylation is 1. The lowest BCUT2D eigenvalue weighted by atomic mass is 10.2. The van der Waals surface area contributed by atoms with Crippen molar-refractivity contribution in [2.45, 2.75) is 53.2 Å². The molecule has 1 rings (SSSR count). The molecule has 0 aliphatic rings. The van der Waals surface area contributed by atoms with Gasteiger partial charge in [-0.25, -0.2) is 4.98 Å². The van der Waals surface area contributed by atoms with E-state index in [1.165, 1.54) is 12.1 Å². The van der Waals surface area contributed by atoms with Gasteiger partial charge in [-0.1, -0.05) is 13.8 Å². The third kappa shape index (κ3) is 6.21. The number of aromatic nitrogens is 2. The minimum Gasteiger partial charge on any atom is -0.333 e. The lowest BCUT2D eigenvalue weighted by molar-refractivity contribution is 0.265.